The third kappa shape index (κ3) is 4.55. The lowest BCUT2D eigenvalue weighted by molar-refractivity contribution is -0.346. The Bertz CT molecular complexity index is 539. The van der Waals surface area contributed by atoms with Gasteiger partial charge in [0.1, 0.15) is 0 Å². The highest BCUT2D eigenvalue weighted by atomic mass is 35.5. The highest BCUT2D eigenvalue weighted by Crippen LogP contribution is 2.30. The summed E-state index contributed by atoms with van der Waals surface area (Å²) >= 11 is 6.25. The number of para-hydroxylation sites is 1. The van der Waals surface area contributed by atoms with E-state index < -0.39 is 12.5 Å². The van der Waals surface area contributed by atoms with Crippen molar-refractivity contribution in [3.05, 3.63) is 29.3 Å². The van der Waals surface area contributed by atoms with Gasteiger partial charge < -0.3 is 9.80 Å². The molecule has 0 spiro atoms. The van der Waals surface area contributed by atoms with Crippen LogP contribution in [0.15, 0.2) is 24.3 Å². The van der Waals surface area contributed by atoms with E-state index in [2.05, 4.69) is 14.5 Å². The van der Waals surface area contributed by atoms with Gasteiger partial charge in [-0.05, 0) is 37.8 Å². The minimum Gasteiger partial charge on any atom is -0.370 e. The Morgan fingerprint density at radius 3 is 2.17 bits per heavy atom. The molecule has 1 aromatic carbocycles. The molecule has 0 N–H and O–H groups in total. The van der Waals surface area contributed by atoms with Crippen molar-refractivity contribution in [2.24, 2.45) is 0 Å². The standard InChI is InChI=1S/C17H22ClF3N2O/c18-15-3-1-2-4-16(15)23-9-5-13(6-10-23)22-11-7-14(8-12-22)24-17(19,20)21/h1-4,13-14H,5-12H2. The average Bonchev–Trinajstić information content (AvgIpc) is 2.55. The first-order valence-electron chi connectivity index (χ1n) is 8.40. The van der Waals surface area contributed by atoms with Crippen molar-refractivity contribution in [3.63, 3.8) is 0 Å². The molecule has 0 saturated carbocycles. The monoisotopic (exact) mass is 362 g/mol. The highest BCUT2D eigenvalue weighted by Gasteiger charge is 2.36. The number of nitrogens with zero attached hydrogens (tertiary/aromatic N) is 2. The summed E-state index contributed by atoms with van der Waals surface area (Å²) in [5.41, 5.74) is 1.06. The molecule has 0 aliphatic carbocycles. The summed E-state index contributed by atoms with van der Waals surface area (Å²) in [6, 6.07) is 8.28. The van der Waals surface area contributed by atoms with Crippen molar-refractivity contribution >= 4 is 17.3 Å². The second kappa shape index (κ2) is 7.50. The van der Waals surface area contributed by atoms with E-state index in [0.29, 0.717) is 32.0 Å². The number of alkyl halides is 3. The van der Waals surface area contributed by atoms with Gasteiger partial charge in [-0.3, -0.25) is 4.74 Å². The molecule has 2 saturated heterocycles. The minimum absolute atomic E-state index is 0.440. The SMILES string of the molecule is FC(F)(F)OC1CCN(C2CCN(c3ccccc3Cl)CC2)CC1. The number of likely N-dealkylation sites (tertiary alicyclic amines) is 1. The number of halogens is 4. The zero-order valence-electron chi connectivity index (χ0n) is 13.4. The molecule has 0 radical (unpaired) electrons. The third-order valence-electron chi connectivity index (χ3n) is 4.95. The largest absolute Gasteiger partial charge is 0.522 e. The lowest BCUT2D eigenvalue weighted by Crippen LogP contribution is -2.49. The topological polar surface area (TPSA) is 15.7 Å². The summed E-state index contributed by atoms with van der Waals surface area (Å²) in [5, 5.41) is 0.765. The fourth-order valence-corrected chi connectivity index (χ4v) is 3.98. The van der Waals surface area contributed by atoms with Gasteiger partial charge in [0.25, 0.3) is 0 Å². The number of hydrogen-bond donors (Lipinski definition) is 0. The quantitative estimate of drug-likeness (QED) is 0.797. The van der Waals surface area contributed by atoms with E-state index in [-0.39, 0.29) is 0 Å². The predicted molar refractivity (Wildman–Crippen MR) is 88.4 cm³/mol. The van der Waals surface area contributed by atoms with Crippen molar-refractivity contribution in [2.75, 3.05) is 31.1 Å². The van der Waals surface area contributed by atoms with Crippen molar-refractivity contribution < 1.29 is 17.9 Å². The normalized spacial score (nSPS) is 22.1. The number of rotatable bonds is 3. The average molecular weight is 363 g/mol. The molecule has 2 aliphatic heterocycles. The zero-order chi connectivity index (χ0) is 17.2. The van der Waals surface area contributed by atoms with E-state index in [9.17, 15) is 13.2 Å². The molecule has 3 nitrogen and oxygen atoms in total. The minimum atomic E-state index is -4.52. The van der Waals surface area contributed by atoms with E-state index in [1.54, 1.807) is 0 Å². The number of hydrogen-bond acceptors (Lipinski definition) is 3. The molecule has 7 heteroatoms. The van der Waals surface area contributed by atoms with Gasteiger partial charge >= 0.3 is 6.36 Å². The zero-order valence-corrected chi connectivity index (χ0v) is 14.2. The van der Waals surface area contributed by atoms with Crippen LogP contribution in [0.1, 0.15) is 25.7 Å². The molecule has 2 fully saturated rings. The van der Waals surface area contributed by atoms with Gasteiger partial charge in [-0.2, -0.15) is 0 Å². The van der Waals surface area contributed by atoms with Crippen LogP contribution in [0.2, 0.25) is 5.02 Å². The summed E-state index contributed by atoms with van der Waals surface area (Å²) in [7, 11) is 0. The van der Waals surface area contributed by atoms with Crippen LogP contribution in [0.25, 0.3) is 0 Å². The highest BCUT2D eigenvalue weighted by molar-refractivity contribution is 6.33. The van der Waals surface area contributed by atoms with Crippen LogP contribution in [0.4, 0.5) is 18.9 Å². The van der Waals surface area contributed by atoms with E-state index in [0.717, 1.165) is 36.6 Å². The van der Waals surface area contributed by atoms with E-state index in [1.165, 1.54) is 0 Å². The maximum atomic E-state index is 12.3. The molecule has 1 aromatic rings. The lowest BCUT2D eigenvalue weighted by atomic mass is 9.98. The van der Waals surface area contributed by atoms with E-state index in [4.69, 9.17) is 11.6 Å². The second-order valence-corrected chi connectivity index (χ2v) is 6.88. The van der Waals surface area contributed by atoms with Crippen LogP contribution in [0.3, 0.4) is 0 Å². The molecule has 0 unspecified atom stereocenters. The van der Waals surface area contributed by atoms with Crippen LogP contribution in [-0.4, -0.2) is 49.6 Å². The van der Waals surface area contributed by atoms with Crippen LogP contribution in [0, 0.1) is 0 Å². The second-order valence-electron chi connectivity index (χ2n) is 6.47. The third-order valence-corrected chi connectivity index (χ3v) is 5.27. The number of benzene rings is 1. The summed E-state index contributed by atoms with van der Waals surface area (Å²) in [6.45, 7) is 3.20. The fourth-order valence-electron chi connectivity index (χ4n) is 3.73. The molecular formula is C17H22ClF3N2O. The molecule has 24 heavy (non-hydrogen) atoms. The summed E-state index contributed by atoms with van der Waals surface area (Å²) in [6.07, 6.45) is -2.29. The summed E-state index contributed by atoms with van der Waals surface area (Å²) in [4.78, 5) is 4.61. The maximum Gasteiger partial charge on any atom is 0.522 e. The lowest BCUT2D eigenvalue weighted by Gasteiger charge is -2.42. The molecule has 0 bridgehead atoms. The first-order valence-corrected chi connectivity index (χ1v) is 8.78. The van der Waals surface area contributed by atoms with Gasteiger partial charge in [-0.15, -0.1) is 13.2 Å². The fraction of sp³-hybridized carbons (Fsp3) is 0.647. The van der Waals surface area contributed by atoms with Crippen molar-refractivity contribution in [1.29, 1.82) is 0 Å². The first-order chi connectivity index (χ1) is 11.4. The Balaban J connectivity index is 1.47. The van der Waals surface area contributed by atoms with E-state index in [1.807, 2.05) is 24.3 Å². The first kappa shape index (κ1) is 17.8. The van der Waals surface area contributed by atoms with Gasteiger partial charge in [0.05, 0.1) is 16.8 Å². The van der Waals surface area contributed by atoms with Crippen LogP contribution in [-0.2, 0) is 4.74 Å². The van der Waals surface area contributed by atoms with Crippen LogP contribution in [0.5, 0.6) is 0 Å². The summed E-state index contributed by atoms with van der Waals surface area (Å²) < 4.78 is 41.0. The molecule has 0 aromatic heterocycles. The molecule has 0 amide bonds. The number of ether oxygens (including phenoxy) is 1. The van der Waals surface area contributed by atoms with Crippen molar-refractivity contribution in [2.45, 2.75) is 44.2 Å². The predicted octanol–water partition coefficient (Wildman–Crippen LogP) is 4.31. The Morgan fingerprint density at radius 2 is 1.58 bits per heavy atom. The molecule has 134 valence electrons. The van der Waals surface area contributed by atoms with Crippen molar-refractivity contribution in [1.82, 2.24) is 4.90 Å². The Hall–Kier alpha value is -0.980. The maximum absolute atomic E-state index is 12.3. The smallest absolute Gasteiger partial charge is 0.370 e. The molecule has 2 aliphatic rings. The van der Waals surface area contributed by atoms with Gasteiger partial charge in [-0.25, -0.2) is 0 Å². The van der Waals surface area contributed by atoms with Gasteiger partial charge in [0.2, 0.25) is 0 Å². The molecular weight excluding hydrogens is 341 g/mol. The van der Waals surface area contributed by atoms with Gasteiger partial charge in [0.15, 0.2) is 0 Å². The Labute approximate surface area is 145 Å². The van der Waals surface area contributed by atoms with E-state index >= 15 is 0 Å². The number of anilines is 1. The van der Waals surface area contributed by atoms with Crippen molar-refractivity contribution in [3.8, 4) is 0 Å². The van der Waals surface area contributed by atoms with Gasteiger partial charge in [0, 0.05) is 32.2 Å². The summed E-state index contributed by atoms with van der Waals surface area (Å²) in [5.74, 6) is 0. The Morgan fingerprint density at radius 1 is 0.958 bits per heavy atom. The Kier molecular flexibility index (Phi) is 5.57. The molecule has 3 rings (SSSR count). The van der Waals surface area contributed by atoms with Crippen LogP contribution >= 0.6 is 11.6 Å². The molecule has 2 heterocycles. The van der Waals surface area contributed by atoms with Gasteiger partial charge in [-0.1, -0.05) is 23.7 Å². The number of piperidine rings is 2. The molecule has 0 atom stereocenters. The van der Waals surface area contributed by atoms with Crippen LogP contribution < -0.4 is 4.90 Å².